The molecule has 94 valence electrons. The number of ether oxygens (including phenoxy) is 1. The Morgan fingerprint density at radius 2 is 2.17 bits per heavy atom. The maximum Gasteiger partial charge on any atom is 0.421 e. The van der Waals surface area contributed by atoms with Crippen molar-refractivity contribution in [3.63, 3.8) is 0 Å². The molecule has 0 aromatic carbocycles. The Balaban J connectivity index is 2.45. The van der Waals surface area contributed by atoms with Crippen molar-refractivity contribution in [1.82, 2.24) is 14.5 Å². The second kappa shape index (κ2) is 4.25. The van der Waals surface area contributed by atoms with E-state index < -0.39 is 11.7 Å². The van der Waals surface area contributed by atoms with Crippen molar-refractivity contribution in [2.24, 2.45) is 0 Å². The third-order valence-corrected chi connectivity index (χ3v) is 2.22. The highest BCUT2D eigenvalue weighted by molar-refractivity contribution is 5.84. The fourth-order valence-electron chi connectivity index (χ4n) is 1.47. The van der Waals surface area contributed by atoms with Crippen LogP contribution in [0.15, 0.2) is 25.0 Å². The van der Waals surface area contributed by atoms with Gasteiger partial charge in [-0.15, -0.1) is 0 Å². The predicted molar refractivity (Wildman–Crippen MR) is 69.3 cm³/mol. The van der Waals surface area contributed by atoms with Crippen LogP contribution >= 0.6 is 0 Å². The highest BCUT2D eigenvalue weighted by Gasteiger charge is 2.20. The molecule has 0 aliphatic heterocycles. The number of hydrogen-bond donors (Lipinski definition) is 0. The minimum Gasteiger partial charge on any atom is -0.443 e. The lowest BCUT2D eigenvalue weighted by molar-refractivity contribution is 0.0543. The molecule has 2 rings (SSSR count). The topological polar surface area (TPSA) is 57.0 Å². The predicted octanol–water partition coefficient (Wildman–Crippen LogP) is 2.86. The van der Waals surface area contributed by atoms with E-state index >= 15 is 0 Å². The third kappa shape index (κ3) is 2.40. The molecule has 0 saturated carbocycles. The Labute approximate surface area is 105 Å². The molecule has 0 fully saturated rings. The van der Waals surface area contributed by atoms with Crippen LogP contribution in [0, 0.1) is 0 Å². The molecule has 0 spiro atoms. The summed E-state index contributed by atoms with van der Waals surface area (Å²) in [6.45, 7) is 9.08. The van der Waals surface area contributed by atoms with E-state index in [-0.39, 0.29) is 0 Å². The van der Waals surface area contributed by atoms with Gasteiger partial charge in [-0.3, -0.25) is 0 Å². The fourth-order valence-corrected chi connectivity index (χ4v) is 1.47. The summed E-state index contributed by atoms with van der Waals surface area (Å²) in [5.41, 5.74) is 1.25. The Hall–Kier alpha value is -2.17. The van der Waals surface area contributed by atoms with Crippen molar-refractivity contribution in [3.05, 3.63) is 30.7 Å². The molecule has 0 radical (unpaired) electrons. The zero-order valence-corrected chi connectivity index (χ0v) is 10.7. The minimum atomic E-state index is -0.552. The maximum absolute atomic E-state index is 12.0. The number of pyridine rings is 1. The molecule has 0 atom stereocenters. The van der Waals surface area contributed by atoms with Gasteiger partial charge in [0.05, 0.1) is 5.69 Å². The number of aromatic nitrogens is 3. The quantitative estimate of drug-likeness (QED) is 0.775. The Morgan fingerprint density at radius 3 is 2.78 bits per heavy atom. The van der Waals surface area contributed by atoms with E-state index in [0.29, 0.717) is 16.9 Å². The van der Waals surface area contributed by atoms with Gasteiger partial charge in [0.2, 0.25) is 0 Å². The number of hydrogen-bond acceptors (Lipinski definition) is 4. The summed E-state index contributed by atoms with van der Waals surface area (Å²) in [6, 6.07) is 3.59. The van der Waals surface area contributed by atoms with Gasteiger partial charge >= 0.3 is 6.09 Å². The summed E-state index contributed by atoms with van der Waals surface area (Å²) in [7, 11) is 0. The van der Waals surface area contributed by atoms with Crippen LogP contribution in [0.3, 0.4) is 0 Å². The smallest absolute Gasteiger partial charge is 0.421 e. The molecule has 2 aromatic rings. The summed E-state index contributed by atoms with van der Waals surface area (Å²) in [5, 5.41) is 0. The lowest BCUT2D eigenvalue weighted by Gasteiger charge is -2.19. The zero-order chi connectivity index (χ0) is 13.3. The second-order valence-electron chi connectivity index (χ2n) is 4.88. The van der Waals surface area contributed by atoms with Crippen LogP contribution in [0.5, 0.6) is 0 Å². The average Bonchev–Trinajstić information content (AvgIpc) is 2.69. The summed E-state index contributed by atoms with van der Waals surface area (Å²) >= 11 is 0. The van der Waals surface area contributed by atoms with Crippen LogP contribution in [0.1, 0.15) is 26.5 Å². The lowest BCUT2D eigenvalue weighted by atomic mass is 10.2. The van der Waals surface area contributed by atoms with Gasteiger partial charge in [0.15, 0.2) is 5.65 Å². The summed E-state index contributed by atoms with van der Waals surface area (Å²) in [4.78, 5) is 20.4. The van der Waals surface area contributed by atoms with Crippen LogP contribution in [0.2, 0.25) is 0 Å². The van der Waals surface area contributed by atoms with Gasteiger partial charge in [-0.05, 0) is 39.0 Å². The van der Waals surface area contributed by atoms with Crippen molar-refractivity contribution in [3.8, 4) is 0 Å². The normalized spacial score (nSPS) is 11.5. The Bertz CT molecular complexity index is 608. The molecule has 5 heteroatoms. The molecule has 0 aliphatic carbocycles. The number of carbonyl (C=O) groups is 1. The first-order valence-electron chi connectivity index (χ1n) is 5.60. The number of rotatable bonds is 1. The largest absolute Gasteiger partial charge is 0.443 e. The van der Waals surface area contributed by atoms with Crippen molar-refractivity contribution < 1.29 is 9.53 Å². The standard InChI is InChI=1S/C13H15N3O2/c1-5-9-6-7-10-11(15-9)16(8-14-10)12(17)18-13(2,3)4/h5-8H,1H2,2-4H3. The highest BCUT2D eigenvalue weighted by Crippen LogP contribution is 2.15. The lowest BCUT2D eigenvalue weighted by Crippen LogP contribution is -2.26. The van der Waals surface area contributed by atoms with Crippen molar-refractivity contribution in [2.45, 2.75) is 26.4 Å². The van der Waals surface area contributed by atoms with Crippen molar-refractivity contribution in [2.75, 3.05) is 0 Å². The van der Waals surface area contributed by atoms with Gasteiger partial charge in [-0.25, -0.2) is 19.3 Å². The van der Waals surface area contributed by atoms with Crippen LogP contribution < -0.4 is 0 Å². The minimum absolute atomic E-state index is 0.474. The van der Waals surface area contributed by atoms with E-state index in [1.165, 1.54) is 10.9 Å². The molecule has 2 aromatic heterocycles. The van der Waals surface area contributed by atoms with E-state index in [1.54, 1.807) is 18.2 Å². The molecule has 5 nitrogen and oxygen atoms in total. The first-order valence-corrected chi connectivity index (χ1v) is 5.60. The van der Waals surface area contributed by atoms with E-state index in [2.05, 4.69) is 16.5 Å². The van der Waals surface area contributed by atoms with E-state index in [9.17, 15) is 4.79 Å². The van der Waals surface area contributed by atoms with E-state index in [4.69, 9.17) is 4.74 Å². The molecule has 18 heavy (non-hydrogen) atoms. The second-order valence-corrected chi connectivity index (χ2v) is 4.88. The van der Waals surface area contributed by atoms with Crippen LogP contribution in [-0.2, 0) is 4.74 Å². The summed E-state index contributed by atoms with van der Waals surface area (Å²) < 4.78 is 6.58. The monoisotopic (exact) mass is 245 g/mol. The third-order valence-electron chi connectivity index (χ3n) is 2.22. The molecule has 0 bridgehead atoms. The molecular weight excluding hydrogens is 230 g/mol. The number of imidazole rings is 1. The van der Waals surface area contributed by atoms with Gasteiger partial charge in [0.25, 0.3) is 0 Å². The number of carbonyl (C=O) groups excluding carboxylic acids is 1. The van der Waals surface area contributed by atoms with Gasteiger partial charge in [-0.2, -0.15) is 0 Å². The molecule has 2 heterocycles. The van der Waals surface area contributed by atoms with Gasteiger partial charge in [-0.1, -0.05) is 6.58 Å². The van der Waals surface area contributed by atoms with Crippen molar-refractivity contribution in [1.29, 1.82) is 0 Å². The molecule has 0 aliphatic rings. The summed E-state index contributed by atoms with van der Waals surface area (Å²) in [5.74, 6) is 0. The number of nitrogens with zero attached hydrogens (tertiary/aromatic N) is 3. The van der Waals surface area contributed by atoms with E-state index in [0.717, 1.165) is 0 Å². The Morgan fingerprint density at radius 1 is 1.44 bits per heavy atom. The molecule has 0 saturated heterocycles. The van der Waals surface area contributed by atoms with Crippen LogP contribution in [0.4, 0.5) is 4.79 Å². The number of fused-ring (bicyclic) bond motifs is 1. The SMILES string of the molecule is C=Cc1ccc2ncn(C(=O)OC(C)(C)C)c2n1. The van der Waals surface area contributed by atoms with E-state index in [1.807, 2.05) is 20.8 Å². The van der Waals surface area contributed by atoms with Crippen LogP contribution in [0.25, 0.3) is 17.2 Å². The molecule has 0 amide bonds. The van der Waals surface area contributed by atoms with Gasteiger partial charge in [0.1, 0.15) is 17.4 Å². The molecule has 0 unspecified atom stereocenters. The Kier molecular flexibility index (Phi) is 2.90. The highest BCUT2D eigenvalue weighted by atomic mass is 16.6. The maximum atomic E-state index is 12.0. The first kappa shape index (κ1) is 12.3. The van der Waals surface area contributed by atoms with Gasteiger partial charge in [0, 0.05) is 0 Å². The summed E-state index contributed by atoms with van der Waals surface area (Å²) in [6.07, 6.45) is 2.54. The van der Waals surface area contributed by atoms with Crippen molar-refractivity contribution >= 4 is 23.3 Å². The first-order chi connectivity index (χ1) is 8.40. The fraction of sp³-hybridized carbons (Fsp3) is 0.308. The van der Waals surface area contributed by atoms with Gasteiger partial charge < -0.3 is 4.74 Å². The molecule has 0 N–H and O–H groups in total. The zero-order valence-electron chi connectivity index (χ0n) is 10.7. The molecular formula is C13H15N3O2. The van der Waals surface area contributed by atoms with Crippen LogP contribution in [-0.4, -0.2) is 26.2 Å². The average molecular weight is 245 g/mol.